The Hall–Kier alpha value is -1.21. The Bertz CT molecular complexity index is 380. The highest BCUT2D eigenvalue weighted by atomic mass is 35.5. The van der Waals surface area contributed by atoms with Crippen LogP contribution in [0.15, 0.2) is 14.4 Å². The maximum absolute atomic E-state index is 10.8. The van der Waals surface area contributed by atoms with E-state index >= 15 is 0 Å². The number of hydrogen-bond acceptors (Lipinski definition) is 4. The Kier molecular flexibility index (Phi) is 1.99. The van der Waals surface area contributed by atoms with Crippen molar-refractivity contribution in [2.75, 3.05) is 5.84 Å². The quantitative estimate of drug-likeness (QED) is 0.499. The molecular weight excluding hydrogens is 211 g/mol. The van der Waals surface area contributed by atoms with Crippen LogP contribution in [0.3, 0.4) is 0 Å². The van der Waals surface area contributed by atoms with E-state index in [1.165, 1.54) is 0 Å². The Balaban J connectivity index is 4.00. The molecule has 0 bridgehead atoms. The molecule has 7 nitrogen and oxygen atoms in total. The monoisotopic (exact) mass is 212 g/mol. The number of aromatic nitrogens is 3. The first kappa shape index (κ1) is 8.88. The number of halogens is 2. The van der Waals surface area contributed by atoms with Crippen molar-refractivity contribution in [1.29, 1.82) is 0 Å². The molecule has 0 spiro atoms. The predicted molar refractivity (Wildman–Crippen MR) is 41.9 cm³/mol. The summed E-state index contributed by atoms with van der Waals surface area (Å²) in [6.45, 7) is 0. The van der Waals surface area contributed by atoms with Crippen LogP contribution in [0, 0.1) is 0 Å². The zero-order chi connectivity index (χ0) is 9.46. The number of nitrogen functional groups attached to an aromatic ring is 1. The van der Waals surface area contributed by atoms with Crippen LogP contribution in [0.2, 0.25) is 0 Å². The lowest BCUT2D eigenvalue weighted by atomic mass is 11.0. The first-order chi connectivity index (χ1) is 5.46. The molecule has 0 aliphatic rings. The molecule has 12 heavy (non-hydrogen) atoms. The third-order valence-corrected chi connectivity index (χ3v) is 1.66. The van der Waals surface area contributed by atoms with Crippen molar-refractivity contribution in [2.24, 2.45) is 0 Å². The van der Waals surface area contributed by atoms with E-state index in [1.807, 2.05) is 0 Å². The topological polar surface area (TPSA) is 92.0 Å². The van der Waals surface area contributed by atoms with E-state index < -0.39 is 17.1 Å². The maximum atomic E-state index is 10.8. The van der Waals surface area contributed by atoms with Gasteiger partial charge in [0.2, 0.25) is 0 Å². The highest BCUT2D eigenvalue weighted by Crippen LogP contribution is 1.73. The Morgan fingerprint density at radius 1 is 0.917 bits per heavy atom. The van der Waals surface area contributed by atoms with Crippen molar-refractivity contribution >= 4 is 23.6 Å². The van der Waals surface area contributed by atoms with Gasteiger partial charge in [0.25, 0.3) is 0 Å². The van der Waals surface area contributed by atoms with Gasteiger partial charge in [0.05, 0.1) is 0 Å². The van der Waals surface area contributed by atoms with E-state index in [0.717, 1.165) is 0 Å². The lowest BCUT2D eigenvalue weighted by molar-refractivity contribution is 0.701. The molecule has 66 valence electrons. The molecule has 1 rings (SSSR count). The summed E-state index contributed by atoms with van der Waals surface area (Å²) in [5.74, 6) is 4.89. The fourth-order valence-corrected chi connectivity index (χ4v) is 0.864. The Morgan fingerprint density at radius 2 is 1.25 bits per heavy atom. The summed E-state index contributed by atoms with van der Waals surface area (Å²) in [7, 11) is 0. The van der Waals surface area contributed by atoms with Gasteiger partial charge in [-0.2, -0.15) is 4.68 Å². The van der Waals surface area contributed by atoms with Crippen molar-refractivity contribution in [3.05, 3.63) is 31.5 Å². The molecule has 0 saturated carbocycles. The SMILES string of the molecule is Nn1c(=O)n(Cl)c(=O)n(Cl)c1=O. The first-order valence-electron chi connectivity index (χ1n) is 2.55. The molecule has 1 aromatic heterocycles. The van der Waals surface area contributed by atoms with Crippen LogP contribution in [0.25, 0.3) is 0 Å². The van der Waals surface area contributed by atoms with Crippen LogP contribution in [0.1, 0.15) is 0 Å². The van der Waals surface area contributed by atoms with Crippen molar-refractivity contribution < 1.29 is 0 Å². The van der Waals surface area contributed by atoms with Crippen LogP contribution >= 0.6 is 23.6 Å². The maximum Gasteiger partial charge on any atom is 0.370 e. The predicted octanol–water partition coefficient (Wildman–Crippen LogP) is -2.11. The molecule has 0 fully saturated rings. The summed E-state index contributed by atoms with van der Waals surface area (Å²) in [5.41, 5.74) is -3.46. The molecule has 0 atom stereocenters. The summed E-state index contributed by atoms with van der Waals surface area (Å²) in [6.07, 6.45) is 0. The van der Waals surface area contributed by atoms with Crippen molar-refractivity contribution in [1.82, 2.24) is 12.8 Å². The first-order valence-corrected chi connectivity index (χ1v) is 3.23. The Morgan fingerprint density at radius 3 is 1.58 bits per heavy atom. The normalized spacial score (nSPS) is 10.2. The molecule has 0 unspecified atom stereocenters. The fraction of sp³-hybridized carbons (Fsp3) is 0. The minimum absolute atomic E-state index is 0.0917. The van der Waals surface area contributed by atoms with Crippen LogP contribution in [0.4, 0.5) is 0 Å². The van der Waals surface area contributed by atoms with Crippen LogP contribution in [-0.2, 0) is 0 Å². The minimum atomic E-state index is -1.16. The van der Waals surface area contributed by atoms with Crippen molar-refractivity contribution in [2.45, 2.75) is 0 Å². The van der Waals surface area contributed by atoms with Gasteiger partial charge in [-0.15, -0.1) is 8.17 Å². The fourth-order valence-electron chi connectivity index (χ4n) is 0.512. The molecule has 2 N–H and O–H groups in total. The summed E-state index contributed by atoms with van der Waals surface area (Å²) in [6, 6.07) is 0. The highest BCUT2D eigenvalue weighted by molar-refractivity contribution is 6.17. The molecular formula is C3H2Cl2N4O3. The lowest BCUT2D eigenvalue weighted by Gasteiger charge is -1.98. The average molecular weight is 213 g/mol. The summed E-state index contributed by atoms with van der Waals surface area (Å²) in [4.78, 5) is 32.3. The molecule has 0 amide bonds. The molecule has 9 heteroatoms. The number of rotatable bonds is 0. The summed E-state index contributed by atoms with van der Waals surface area (Å²) < 4.78 is 0.296. The number of nitrogens with zero attached hydrogens (tertiary/aromatic N) is 3. The van der Waals surface area contributed by atoms with E-state index in [4.69, 9.17) is 29.4 Å². The van der Waals surface area contributed by atoms with Crippen LogP contribution in [0.5, 0.6) is 0 Å². The van der Waals surface area contributed by atoms with E-state index in [0.29, 0.717) is 0 Å². The molecule has 0 aromatic carbocycles. The molecule has 0 radical (unpaired) electrons. The zero-order valence-corrected chi connectivity index (χ0v) is 6.91. The van der Waals surface area contributed by atoms with Gasteiger partial charge in [-0.3, -0.25) is 0 Å². The van der Waals surface area contributed by atoms with Gasteiger partial charge in [0.1, 0.15) is 0 Å². The number of nitrogens with two attached hydrogens (primary N) is 1. The zero-order valence-electron chi connectivity index (χ0n) is 5.40. The molecule has 0 aliphatic heterocycles. The summed E-state index contributed by atoms with van der Waals surface area (Å²) in [5, 5.41) is 0. The standard InChI is InChI=1S/C3H2Cl2N4O3/c4-7-1(10)8(5)3(12)9(6)2(7)11/h6H2. The van der Waals surface area contributed by atoms with Crippen LogP contribution in [-0.4, -0.2) is 12.8 Å². The van der Waals surface area contributed by atoms with Gasteiger partial charge >= 0.3 is 17.1 Å². The molecule has 0 aliphatic carbocycles. The van der Waals surface area contributed by atoms with Gasteiger partial charge < -0.3 is 5.84 Å². The van der Waals surface area contributed by atoms with Crippen molar-refractivity contribution in [3.8, 4) is 0 Å². The van der Waals surface area contributed by atoms with E-state index in [2.05, 4.69) is 0 Å². The van der Waals surface area contributed by atoms with E-state index in [9.17, 15) is 14.4 Å². The van der Waals surface area contributed by atoms with Gasteiger partial charge in [-0.1, -0.05) is 0 Å². The van der Waals surface area contributed by atoms with Gasteiger partial charge in [-0.25, -0.2) is 14.4 Å². The smallest absolute Gasteiger partial charge is 0.331 e. The average Bonchev–Trinajstić information content (AvgIpc) is 2.08. The highest BCUT2D eigenvalue weighted by Gasteiger charge is 2.09. The Labute approximate surface area is 74.3 Å². The van der Waals surface area contributed by atoms with Gasteiger partial charge in [-0.05, 0) is 0 Å². The second-order valence-electron chi connectivity index (χ2n) is 1.78. The third kappa shape index (κ3) is 1.03. The minimum Gasteiger partial charge on any atom is -0.331 e. The van der Waals surface area contributed by atoms with Gasteiger partial charge in [0, 0.05) is 23.6 Å². The van der Waals surface area contributed by atoms with Crippen molar-refractivity contribution in [3.63, 3.8) is 0 Å². The van der Waals surface area contributed by atoms with Crippen LogP contribution < -0.4 is 22.9 Å². The third-order valence-electron chi connectivity index (χ3n) is 1.08. The lowest BCUT2D eigenvalue weighted by Crippen LogP contribution is -2.53. The number of hydrogen-bond donors (Lipinski definition) is 1. The second-order valence-corrected chi connectivity index (χ2v) is 2.46. The molecule has 1 heterocycles. The van der Waals surface area contributed by atoms with E-state index in [-0.39, 0.29) is 12.8 Å². The largest absolute Gasteiger partial charge is 0.370 e. The van der Waals surface area contributed by atoms with E-state index in [1.54, 1.807) is 0 Å². The van der Waals surface area contributed by atoms with Gasteiger partial charge in [0.15, 0.2) is 0 Å². The summed E-state index contributed by atoms with van der Waals surface area (Å²) >= 11 is 10.2. The molecule has 1 aromatic rings. The second kappa shape index (κ2) is 2.68. The molecule has 0 saturated heterocycles.